The van der Waals surface area contributed by atoms with Gasteiger partial charge in [-0.25, -0.2) is 0 Å². The summed E-state index contributed by atoms with van der Waals surface area (Å²) < 4.78 is 11.1. The third-order valence-corrected chi connectivity index (χ3v) is 4.98. The number of nitrogens with zero attached hydrogens (tertiary/aromatic N) is 2. The van der Waals surface area contributed by atoms with Crippen molar-refractivity contribution in [2.45, 2.75) is 52.1 Å². The standard InChI is InChI=1S/C19H38N4O2.HI/c1-3-20-19(22-10-5-14-25-18-8-15-24-16-18)21-9-4-11-23-12-6-17(2)7-13-23;/h17-18H,3-16H2,1-2H3,(H2,20,21,22);1H. The summed E-state index contributed by atoms with van der Waals surface area (Å²) in [6.07, 6.45) is 6.17. The lowest BCUT2D eigenvalue weighted by Gasteiger charge is -2.30. The Labute approximate surface area is 176 Å². The van der Waals surface area contributed by atoms with E-state index in [4.69, 9.17) is 9.47 Å². The van der Waals surface area contributed by atoms with Gasteiger partial charge in [0.15, 0.2) is 5.96 Å². The van der Waals surface area contributed by atoms with E-state index >= 15 is 0 Å². The number of ether oxygens (including phenoxy) is 2. The van der Waals surface area contributed by atoms with Crippen LogP contribution in [0.15, 0.2) is 4.99 Å². The van der Waals surface area contributed by atoms with Crippen LogP contribution in [-0.2, 0) is 9.47 Å². The molecule has 2 rings (SSSR count). The Balaban J connectivity index is 0.00000338. The van der Waals surface area contributed by atoms with Gasteiger partial charge in [0.25, 0.3) is 0 Å². The second-order valence-electron chi connectivity index (χ2n) is 7.28. The first-order chi connectivity index (χ1) is 12.3. The maximum absolute atomic E-state index is 5.78. The normalized spacial score (nSPS) is 22.2. The molecule has 2 heterocycles. The summed E-state index contributed by atoms with van der Waals surface area (Å²) in [4.78, 5) is 7.23. The summed E-state index contributed by atoms with van der Waals surface area (Å²) in [6.45, 7) is 13.2. The van der Waals surface area contributed by atoms with Gasteiger partial charge in [-0.05, 0) is 64.6 Å². The van der Waals surface area contributed by atoms with Crippen molar-refractivity contribution in [2.24, 2.45) is 10.9 Å². The van der Waals surface area contributed by atoms with Gasteiger partial charge in [0.05, 0.1) is 12.7 Å². The lowest BCUT2D eigenvalue weighted by molar-refractivity contribution is 0.0424. The van der Waals surface area contributed by atoms with Crippen molar-refractivity contribution >= 4 is 29.9 Å². The van der Waals surface area contributed by atoms with Crippen LogP contribution in [0.2, 0.25) is 0 Å². The average Bonchev–Trinajstić information content (AvgIpc) is 3.13. The molecule has 0 amide bonds. The number of guanidine groups is 1. The first-order valence-corrected chi connectivity index (χ1v) is 10.2. The van der Waals surface area contributed by atoms with Gasteiger partial charge in [-0.1, -0.05) is 6.92 Å². The number of likely N-dealkylation sites (tertiary alicyclic amines) is 1. The minimum atomic E-state index is 0. The molecular formula is C19H39IN4O2. The molecule has 0 aromatic heterocycles. The SMILES string of the molecule is CCNC(=NCCCOC1CCOC1)NCCCN1CCC(C)CC1.I. The van der Waals surface area contributed by atoms with Crippen LogP contribution in [0.25, 0.3) is 0 Å². The number of aliphatic imine (C=N–C) groups is 1. The van der Waals surface area contributed by atoms with Gasteiger partial charge in [0, 0.05) is 32.8 Å². The van der Waals surface area contributed by atoms with Crippen molar-refractivity contribution in [1.29, 1.82) is 0 Å². The smallest absolute Gasteiger partial charge is 0.191 e. The van der Waals surface area contributed by atoms with Crippen molar-refractivity contribution in [1.82, 2.24) is 15.5 Å². The Morgan fingerprint density at radius 3 is 2.69 bits per heavy atom. The average molecular weight is 482 g/mol. The van der Waals surface area contributed by atoms with Gasteiger partial charge in [-0.2, -0.15) is 0 Å². The molecule has 0 bridgehead atoms. The topological polar surface area (TPSA) is 58.1 Å². The van der Waals surface area contributed by atoms with E-state index in [2.05, 4.69) is 34.4 Å². The Morgan fingerprint density at radius 1 is 1.19 bits per heavy atom. The zero-order valence-corrected chi connectivity index (χ0v) is 19.0. The first-order valence-electron chi connectivity index (χ1n) is 10.2. The van der Waals surface area contributed by atoms with E-state index in [0.717, 1.165) is 64.2 Å². The molecule has 0 radical (unpaired) electrons. The van der Waals surface area contributed by atoms with E-state index in [0.29, 0.717) is 6.10 Å². The summed E-state index contributed by atoms with van der Waals surface area (Å²) >= 11 is 0. The maximum Gasteiger partial charge on any atom is 0.191 e. The van der Waals surface area contributed by atoms with Crippen molar-refractivity contribution in [3.05, 3.63) is 0 Å². The molecule has 154 valence electrons. The molecule has 0 spiro atoms. The summed E-state index contributed by atoms with van der Waals surface area (Å²) in [7, 11) is 0. The fourth-order valence-electron chi connectivity index (χ4n) is 3.29. The second-order valence-corrected chi connectivity index (χ2v) is 7.28. The highest BCUT2D eigenvalue weighted by Crippen LogP contribution is 2.15. The fraction of sp³-hybridized carbons (Fsp3) is 0.947. The minimum Gasteiger partial charge on any atom is -0.379 e. The van der Waals surface area contributed by atoms with Gasteiger partial charge in [-0.15, -0.1) is 24.0 Å². The molecule has 0 aromatic carbocycles. The van der Waals surface area contributed by atoms with Gasteiger partial charge in [0.1, 0.15) is 0 Å². The van der Waals surface area contributed by atoms with Crippen molar-refractivity contribution in [3.8, 4) is 0 Å². The van der Waals surface area contributed by atoms with E-state index in [1.54, 1.807) is 0 Å². The van der Waals surface area contributed by atoms with Gasteiger partial charge in [0.2, 0.25) is 0 Å². The van der Waals surface area contributed by atoms with Crippen LogP contribution in [0.4, 0.5) is 0 Å². The highest BCUT2D eigenvalue weighted by molar-refractivity contribution is 14.0. The van der Waals surface area contributed by atoms with Crippen LogP contribution in [-0.4, -0.2) is 76.1 Å². The van der Waals surface area contributed by atoms with Crippen molar-refractivity contribution in [2.75, 3.05) is 59.1 Å². The molecule has 2 N–H and O–H groups in total. The summed E-state index contributed by atoms with van der Waals surface area (Å²) in [6, 6.07) is 0. The van der Waals surface area contributed by atoms with Crippen LogP contribution in [0.1, 0.15) is 46.0 Å². The first kappa shape index (κ1) is 23.9. The summed E-state index contributed by atoms with van der Waals surface area (Å²) in [5.41, 5.74) is 0. The number of rotatable bonds is 10. The molecular weight excluding hydrogens is 443 g/mol. The zero-order valence-electron chi connectivity index (χ0n) is 16.7. The third-order valence-electron chi connectivity index (χ3n) is 4.98. The number of nitrogens with one attached hydrogen (secondary N) is 2. The molecule has 1 unspecified atom stereocenters. The molecule has 2 aliphatic heterocycles. The molecule has 7 heteroatoms. The lowest BCUT2D eigenvalue weighted by Crippen LogP contribution is -2.39. The Hall–Kier alpha value is -0.120. The molecule has 2 aliphatic rings. The van der Waals surface area contributed by atoms with E-state index in [-0.39, 0.29) is 24.0 Å². The molecule has 6 nitrogen and oxygen atoms in total. The predicted molar refractivity (Wildman–Crippen MR) is 119 cm³/mol. The monoisotopic (exact) mass is 482 g/mol. The number of hydrogen-bond donors (Lipinski definition) is 2. The molecule has 2 saturated heterocycles. The van der Waals surface area contributed by atoms with E-state index in [1.807, 2.05) is 0 Å². The van der Waals surface area contributed by atoms with Gasteiger partial charge < -0.3 is 25.0 Å². The Bertz CT molecular complexity index is 371. The lowest BCUT2D eigenvalue weighted by atomic mass is 9.99. The van der Waals surface area contributed by atoms with Crippen molar-refractivity contribution < 1.29 is 9.47 Å². The van der Waals surface area contributed by atoms with E-state index in [1.165, 1.54) is 38.9 Å². The molecule has 0 aliphatic carbocycles. The van der Waals surface area contributed by atoms with Gasteiger partial charge in [-0.3, -0.25) is 4.99 Å². The fourth-order valence-corrected chi connectivity index (χ4v) is 3.29. The second kappa shape index (κ2) is 14.9. The predicted octanol–water partition coefficient (Wildman–Crippen LogP) is 2.48. The number of hydrogen-bond acceptors (Lipinski definition) is 4. The van der Waals surface area contributed by atoms with Crippen LogP contribution in [0, 0.1) is 5.92 Å². The highest BCUT2D eigenvalue weighted by atomic mass is 127. The molecule has 1 atom stereocenters. The molecule has 0 aromatic rings. The minimum absolute atomic E-state index is 0. The number of halogens is 1. The van der Waals surface area contributed by atoms with Crippen LogP contribution in [0.5, 0.6) is 0 Å². The number of piperidine rings is 1. The molecule has 0 saturated carbocycles. The summed E-state index contributed by atoms with van der Waals surface area (Å²) in [5.74, 6) is 1.84. The maximum atomic E-state index is 5.78. The van der Waals surface area contributed by atoms with Gasteiger partial charge >= 0.3 is 0 Å². The zero-order chi connectivity index (χ0) is 17.7. The quantitative estimate of drug-likeness (QED) is 0.217. The Morgan fingerprint density at radius 2 is 2.00 bits per heavy atom. The van der Waals surface area contributed by atoms with Crippen LogP contribution < -0.4 is 10.6 Å². The largest absolute Gasteiger partial charge is 0.379 e. The van der Waals surface area contributed by atoms with Crippen LogP contribution in [0.3, 0.4) is 0 Å². The highest BCUT2D eigenvalue weighted by Gasteiger charge is 2.15. The van der Waals surface area contributed by atoms with Crippen LogP contribution >= 0.6 is 24.0 Å². The van der Waals surface area contributed by atoms with E-state index < -0.39 is 0 Å². The van der Waals surface area contributed by atoms with E-state index in [9.17, 15) is 0 Å². The Kier molecular flexibility index (Phi) is 13.7. The molecule has 2 fully saturated rings. The summed E-state index contributed by atoms with van der Waals surface area (Å²) in [5, 5.41) is 6.78. The molecule has 26 heavy (non-hydrogen) atoms. The van der Waals surface area contributed by atoms with Crippen molar-refractivity contribution in [3.63, 3.8) is 0 Å². The third kappa shape index (κ3) is 10.3.